The maximum atomic E-state index is 13.4. The fourth-order valence-electron chi connectivity index (χ4n) is 7.04. The Bertz CT molecular complexity index is 659. The Morgan fingerprint density at radius 1 is 1.23 bits per heavy atom. The van der Waals surface area contributed by atoms with Gasteiger partial charge in [0.1, 0.15) is 5.60 Å². The molecule has 0 aromatic rings. The number of hydrogen-bond donors (Lipinski definition) is 1. The third kappa shape index (κ3) is 1.94. The third-order valence-electron chi connectivity index (χ3n) is 8.67. The fraction of sp³-hybridized carbons (Fsp3) is 0.905. The molecule has 0 radical (unpaired) electrons. The lowest BCUT2D eigenvalue weighted by Gasteiger charge is -2.59. The van der Waals surface area contributed by atoms with Crippen molar-refractivity contribution in [3.63, 3.8) is 0 Å². The number of hydrogen-bond acceptors (Lipinski definition) is 5. The van der Waals surface area contributed by atoms with Gasteiger partial charge in [0.05, 0.1) is 18.6 Å². The van der Waals surface area contributed by atoms with E-state index in [1.807, 2.05) is 20.8 Å². The number of fused-ring (bicyclic) bond motifs is 2. The second kappa shape index (κ2) is 5.32. The molecule has 3 aliphatic carbocycles. The van der Waals surface area contributed by atoms with Crippen LogP contribution >= 0.6 is 0 Å². The monoisotopic (exact) mass is 364 g/mol. The quantitative estimate of drug-likeness (QED) is 0.602. The molecule has 5 heteroatoms. The normalized spacial score (nSPS) is 52.7. The van der Waals surface area contributed by atoms with Gasteiger partial charge in [-0.1, -0.05) is 27.2 Å². The molecule has 1 aliphatic heterocycles. The number of Topliss-reactive ketones (excluding diaryl/α,β-unsaturated/α-hetero) is 1. The van der Waals surface area contributed by atoms with Crippen LogP contribution in [0.2, 0.25) is 0 Å². The van der Waals surface area contributed by atoms with Gasteiger partial charge in [-0.05, 0) is 56.3 Å². The van der Waals surface area contributed by atoms with Crippen LogP contribution in [0.5, 0.6) is 0 Å². The summed E-state index contributed by atoms with van der Waals surface area (Å²) in [5, 5.41) is 11.1. The van der Waals surface area contributed by atoms with E-state index < -0.39 is 16.6 Å². The minimum Gasteiger partial charge on any atom is -0.469 e. The summed E-state index contributed by atoms with van der Waals surface area (Å²) in [6, 6.07) is 0. The highest BCUT2D eigenvalue weighted by Crippen LogP contribution is 2.71. The number of carbonyl (C=O) groups excluding carboxylic acids is 2. The van der Waals surface area contributed by atoms with Crippen LogP contribution in [0.1, 0.15) is 66.2 Å². The predicted octanol–water partition coefficient (Wildman–Crippen LogP) is 2.88. The van der Waals surface area contributed by atoms with Crippen molar-refractivity contribution >= 4 is 11.8 Å². The molecule has 1 spiro atoms. The number of esters is 1. The van der Waals surface area contributed by atoms with E-state index in [1.165, 1.54) is 7.11 Å². The summed E-state index contributed by atoms with van der Waals surface area (Å²) in [4.78, 5) is 26.0. The Kier molecular flexibility index (Phi) is 3.77. The minimum atomic E-state index is -1.28. The lowest BCUT2D eigenvalue weighted by Crippen LogP contribution is -2.66. The molecule has 0 aromatic carbocycles. The molecule has 146 valence electrons. The van der Waals surface area contributed by atoms with Crippen molar-refractivity contribution in [2.75, 3.05) is 7.11 Å². The van der Waals surface area contributed by atoms with Gasteiger partial charge >= 0.3 is 5.97 Å². The summed E-state index contributed by atoms with van der Waals surface area (Å²) >= 11 is 0. The first kappa shape index (κ1) is 18.4. The summed E-state index contributed by atoms with van der Waals surface area (Å²) < 4.78 is 11.3. The smallest absolute Gasteiger partial charge is 0.311 e. The highest BCUT2D eigenvalue weighted by molar-refractivity contribution is 5.99. The van der Waals surface area contributed by atoms with Crippen molar-refractivity contribution < 1.29 is 24.2 Å². The van der Waals surface area contributed by atoms with Crippen molar-refractivity contribution in [2.45, 2.75) is 83.5 Å². The van der Waals surface area contributed by atoms with E-state index in [1.54, 1.807) is 0 Å². The molecular formula is C21H32O5. The number of methoxy groups -OCH3 is 1. The maximum Gasteiger partial charge on any atom is 0.311 e. The Balaban J connectivity index is 1.74. The Morgan fingerprint density at radius 2 is 1.92 bits per heavy atom. The van der Waals surface area contributed by atoms with Gasteiger partial charge in [0, 0.05) is 5.92 Å². The molecule has 4 rings (SSSR count). The van der Waals surface area contributed by atoms with Gasteiger partial charge in [0.2, 0.25) is 0 Å². The molecule has 4 fully saturated rings. The van der Waals surface area contributed by atoms with Crippen LogP contribution in [-0.4, -0.2) is 41.3 Å². The van der Waals surface area contributed by atoms with Crippen LogP contribution in [0, 0.1) is 28.6 Å². The number of carbonyl (C=O) groups is 2. The molecule has 1 saturated heterocycles. The zero-order valence-electron chi connectivity index (χ0n) is 16.6. The van der Waals surface area contributed by atoms with Crippen LogP contribution in [0.15, 0.2) is 0 Å². The summed E-state index contributed by atoms with van der Waals surface area (Å²) in [7, 11) is 1.47. The largest absolute Gasteiger partial charge is 0.469 e. The highest BCUT2D eigenvalue weighted by Gasteiger charge is 2.80. The Morgan fingerprint density at radius 3 is 2.54 bits per heavy atom. The number of aliphatic hydroxyl groups is 1. The van der Waals surface area contributed by atoms with E-state index in [9.17, 15) is 14.7 Å². The average Bonchev–Trinajstić information content (AvgIpc) is 3.31. The van der Waals surface area contributed by atoms with Crippen molar-refractivity contribution in [3.8, 4) is 0 Å². The summed E-state index contributed by atoms with van der Waals surface area (Å²) in [6.07, 6.45) is 4.60. The molecule has 0 amide bonds. The molecule has 4 aliphatic rings. The van der Waals surface area contributed by atoms with Gasteiger partial charge in [-0.25, -0.2) is 0 Å². The Hall–Kier alpha value is -0.940. The zero-order chi connectivity index (χ0) is 19.1. The molecule has 3 saturated carbocycles. The van der Waals surface area contributed by atoms with E-state index in [4.69, 9.17) is 9.47 Å². The lowest BCUT2D eigenvalue weighted by molar-refractivity contribution is -0.182. The van der Waals surface area contributed by atoms with Crippen LogP contribution in [0.3, 0.4) is 0 Å². The third-order valence-corrected chi connectivity index (χ3v) is 8.67. The van der Waals surface area contributed by atoms with Crippen molar-refractivity contribution in [2.24, 2.45) is 28.6 Å². The molecule has 1 heterocycles. The zero-order valence-corrected chi connectivity index (χ0v) is 16.6. The van der Waals surface area contributed by atoms with E-state index >= 15 is 0 Å². The number of ketones is 1. The van der Waals surface area contributed by atoms with Crippen molar-refractivity contribution in [1.82, 2.24) is 0 Å². The van der Waals surface area contributed by atoms with Crippen LogP contribution in [0.4, 0.5) is 0 Å². The summed E-state index contributed by atoms with van der Waals surface area (Å²) in [5.41, 5.74) is -2.76. The van der Waals surface area contributed by atoms with Gasteiger partial charge in [-0.15, -0.1) is 0 Å². The topological polar surface area (TPSA) is 76.1 Å². The molecule has 0 aromatic heterocycles. The second-order valence-electron chi connectivity index (χ2n) is 9.96. The van der Waals surface area contributed by atoms with Gasteiger partial charge in [-0.3, -0.25) is 9.59 Å². The van der Waals surface area contributed by atoms with Gasteiger partial charge in [0.15, 0.2) is 11.4 Å². The number of epoxide rings is 1. The maximum absolute atomic E-state index is 13.4. The van der Waals surface area contributed by atoms with Crippen LogP contribution in [-0.2, 0) is 19.1 Å². The lowest BCUT2D eigenvalue weighted by atomic mass is 9.43. The average molecular weight is 364 g/mol. The van der Waals surface area contributed by atoms with E-state index in [0.717, 1.165) is 25.7 Å². The SMILES string of the molecule is COC(=O)[C@]1(C)CCC[C@]2(C)[C@H]3CC[C@](O)(C(C)C)C(=O)[C@]34O[C@@H]4C[C@H]21. The second-order valence-corrected chi connectivity index (χ2v) is 9.96. The van der Waals surface area contributed by atoms with E-state index in [2.05, 4.69) is 6.92 Å². The first-order chi connectivity index (χ1) is 12.1. The van der Waals surface area contributed by atoms with Crippen LogP contribution in [0.25, 0.3) is 0 Å². The summed E-state index contributed by atoms with van der Waals surface area (Å²) in [6.45, 7) is 8.10. The Labute approximate surface area is 155 Å². The first-order valence-corrected chi connectivity index (χ1v) is 10.1. The van der Waals surface area contributed by atoms with Gasteiger partial charge < -0.3 is 14.6 Å². The van der Waals surface area contributed by atoms with Gasteiger partial charge in [-0.2, -0.15) is 0 Å². The summed E-state index contributed by atoms with van der Waals surface area (Å²) in [5.74, 6) is -0.129. The molecular weight excluding hydrogens is 332 g/mol. The molecule has 0 bridgehead atoms. The molecule has 1 N–H and O–H groups in total. The van der Waals surface area contributed by atoms with E-state index in [-0.39, 0.29) is 41.0 Å². The minimum absolute atomic E-state index is 0.0783. The predicted molar refractivity (Wildman–Crippen MR) is 95.3 cm³/mol. The van der Waals surface area contributed by atoms with Crippen molar-refractivity contribution in [3.05, 3.63) is 0 Å². The van der Waals surface area contributed by atoms with Crippen molar-refractivity contribution in [1.29, 1.82) is 0 Å². The fourth-order valence-corrected chi connectivity index (χ4v) is 7.04. The standard InChI is InChI=1S/C21H32O5/c1-12(2)20(24)10-7-13-18(3)8-6-9-19(4,17(23)25-5)14(18)11-15-21(13,26-15)16(20)22/h12-15,24H,6-11H2,1-5H3/t13-,14-,15-,18-,19-,20+,21+/m1/s1. The number of rotatable bonds is 2. The number of ether oxygens (including phenoxy) is 2. The van der Waals surface area contributed by atoms with Gasteiger partial charge in [0.25, 0.3) is 0 Å². The molecule has 0 unspecified atom stereocenters. The van der Waals surface area contributed by atoms with Crippen LogP contribution < -0.4 is 0 Å². The van der Waals surface area contributed by atoms with E-state index in [0.29, 0.717) is 12.8 Å². The molecule has 5 nitrogen and oxygen atoms in total. The molecule has 7 atom stereocenters. The molecule has 26 heavy (non-hydrogen) atoms. The highest BCUT2D eigenvalue weighted by atomic mass is 16.6. The first-order valence-electron chi connectivity index (χ1n) is 10.1.